The second-order valence-corrected chi connectivity index (χ2v) is 5.40. The second kappa shape index (κ2) is 6.83. The standard InChI is InChI=1S/C13H25N5/c1-3-9-14-11(2)13-15-16-17-18(13)10-12-7-5-4-6-8-12/h11-12,14H,3-10H2,1-2H3. The first-order valence-electron chi connectivity index (χ1n) is 7.30. The monoisotopic (exact) mass is 251 g/mol. The van der Waals surface area contributed by atoms with Crippen molar-refractivity contribution in [2.24, 2.45) is 5.92 Å². The molecule has 102 valence electrons. The van der Waals surface area contributed by atoms with E-state index in [2.05, 4.69) is 34.7 Å². The van der Waals surface area contributed by atoms with Crippen LogP contribution in [0.1, 0.15) is 64.2 Å². The Bertz CT molecular complexity index is 343. The van der Waals surface area contributed by atoms with Gasteiger partial charge in [0.15, 0.2) is 5.82 Å². The van der Waals surface area contributed by atoms with E-state index in [9.17, 15) is 0 Å². The van der Waals surface area contributed by atoms with Crippen molar-refractivity contribution in [1.29, 1.82) is 0 Å². The molecule has 0 saturated heterocycles. The lowest BCUT2D eigenvalue weighted by Gasteiger charge is -2.22. The summed E-state index contributed by atoms with van der Waals surface area (Å²) in [6, 6.07) is 0.239. The lowest BCUT2D eigenvalue weighted by molar-refractivity contribution is 0.298. The predicted octanol–water partition coefficient (Wildman–Crippen LogP) is 2.31. The van der Waals surface area contributed by atoms with Gasteiger partial charge in [0.1, 0.15) is 0 Å². The summed E-state index contributed by atoms with van der Waals surface area (Å²) < 4.78 is 2.00. The van der Waals surface area contributed by atoms with E-state index in [0.717, 1.165) is 31.3 Å². The molecule has 1 aliphatic rings. The molecule has 2 rings (SSSR count). The Morgan fingerprint density at radius 3 is 2.83 bits per heavy atom. The summed E-state index contributed by atoms with van der Waals surface area (Å²) in [5.74, 6) is 1.74. The van der Waals surface area contributed by atoms with Crippen LogP contribution in [0.25, 0.3) is 0 Å². The zero-order chi connectivity index (χ0) is 12.8. The van der Waals surface area contributed by atoms with Gasteiger partial charge < -0.3 is 5.32 Å². The molecule has 1 atom stereocenters. The first-order chi connectivity index (χ1) is 8.81. The lowest BCUT2D eigenvalue weighted by Crippen LogP contribution is -2.25. The van der Waals surface area contributed by atoms with E-state index in [-0.39, 0.29) is 6.04 Å². The Kier molecular flexibility index (Phi) is 5.11. The number of tetrazole rings is 1. The molecule has 0 amide bonds. The van der Waals surface area contributed by atoms with Gasteiger partial charge >= 0.3 is 0 Å². The SMILES string of the molecule is CCCNC(C)c1nnnn1CC1CCCCC1. The van der Waals surface area contributed by atoms with Gasteiger partial charge in [-0.3, -0.25) is 0 Å². The molecule has 5 nitrogen and oxygen atoms in total. The van der Waals surface area contributed by atoms with Crippen LogP contribution in [-0.4, -0.2) is 26.8 Å². The molecule has 1 fully saturated rings. The Balaban J connectivity index is 1.93. The summed E-state index contributed by atoms with van der Waals surface area (Å²) in [4.78, 5) is 0. The molecule has 1 unspecified atom stereocenters. The fourth-order valence-electron chi connectivity index (χ4n) is 2.72. The molecular formula is C13H25N5. The summed E-state index contributed by atoms with van der Waals surface area (Å²) in [6.45, 7) is 6.31. The molecule has 0 spiro atoms. The van der Waals surface area contributed by atoms with Crippen LogP contribution < -0.4 is 5.32 Å². The largest absolute Gasteiger partial charge is 0.307 e. The molecule has 1 aliphatic carbocycles. The highest BCUT2D eigenvalue weighted by Crippen LogP contribution is 2.25. The van der Waals surface area contributed by atoms with E-state index in [1.54, 1.807) is 0 Å². The quantitative estimate of drug-likeness (QED) is 0.843. The Morgan fingerprint density at radius 1 is 1.33 bits per heavy atom. The zero-order valence-electron chi connectivity index (χ0n) is 11.6. The van der Waals surface area contributed by atoms with Gasteiger partial charge in [0.25, 0.3) is 0 Å². The molecule has 0 aliphatic heterocycles. The van der Waals surface area contributed by atoms with E-state index in [0.29, 0.717) is 0 Å². The van der Waals surface area contributed by atoms with Crippen LogP contribution in [0, 0.1) is 5.92 Å². The average molecular weight is 251 g/mol. The van der Waals surface area contributed by atoms with Gasteiger partial charge in [0.2, 0.25) is 0 Å². The highest BCUT2D eigenvalue weighted by atomic mass is 15.5. The van der Waals surface area contributed by atoms with E-state index in [1.165, 1.54) is 32.1 Å². The molecule has 5 heteroatoms. The van der Waals surface area contributed by atoms with Gasteiger partial charge in [-0.05, 0) is 49.1 Å². The normalized spacial score (nSPS) is 19.0. The van der Waals surface area contributed by atoms with Gasteiger partial charge in [0, 0.05) is 6.54 Å². The highest BCUT2D eigenvalue weighted by Gasteiger charge is 2.19. The fraction of sp³-hybridized carbons (Fsp3) is 0.923. The van der Waals surface area contributed by atoms with Gasteiger partial charge in [0.05, 0.1) is 6.04 Å². The van der Waals surface area contributed by atoms with Crippen molar-refractivity contribution in [1.82, 2.24) is 25.5 Å². The molecule has 0 radical (unpaired) electrons. The number of rotatable bonds is 6. The summed E-state index contributed by atoms with van der Waals surface area (Å²) in [5, 5.41) is 15.6. The van der Waals surface area contributed by atoms with Crippen molar-refractivity contribution in [2.45, 2.75) is 65.0 Å². The number of hydrogen-bond acceptors (Lipinski definition) is 4. The molecular weight excluding hydrogens is 226 g/mol. The molecule has 18 heavy (non-hydrogen) atoms. The van der Waals surface area contributed by atoms with Crippen molar-refractivity contribution in [2.75, 3.05) is 6.54 Å². The van der Waals surface area contributed by atoms with Crippen LogP contribution >= 0.6 is 0 Å². The second-order valence-electron chi connectivity index (χ2n) is 5.40. The summed E-state index contributed by atoms with van der Waals surface area (Å²) in [7, 11) is 0. The van der Waals surface area contributed by atoms with Crippen LogP contribution in [0.2, 0.25) is 0 Å². The Morgan fingerprint density at radius 2 is 2.11 bits per heavy atom. The van der Waals surface area contributed by atoms with Crippen LogP contribution in [-0.2, 0) is 6.54 Å². The van der Waals surface area contributed by atoms with Crippen molar-refractivity contribution >= 4 is 0 Å². The molecule has 1 saturated carbocycles. The van der Waals surface area contributed by atoms with E-state index in [4.69, 9.17) is 0 Å². The third kappa shape index (κ3) is 3.51. The minimum Gasteiger partial charge on any atom is -0.307 e. The van der Waals surface area contributed by atoms with Crippen molar-refractivity contribution < 1.29 is 0 Å². The fourth-order valence-corrected chi connectivity index (χ4v) is 2.72. The topological polar surface area (TPSA) is 55.6 Å². The minimum absolute atomic E-state index is 0.239. The average Bonchev–Trinajstić information content (AvgIpc) is 2.85. The third-order valence-corrected chi connectivity index (χ3v) is 3.80. The minimum atomic E-state index is 0.239. The Labute approximate surface area is 109 Å². The number of nitrogens with one attached hydrogen (secondary N) is 1. The maximum atomic E-state index is 4.17. The third-order valence-electron chi connectivity index (χ3n) is 3.80. The summed E-state index contributed by atoms with van der Waals surface area (Å²) in [6.07, 6.45) is 7.92. The molecule has 1 N–H and O–H groups in total. The maximum Gasteiger partial charge on any atom is 0.167 e. The summed E-state index contributed by atoms with van der Waals surface area (Å²) >= 11 is 0. The van der Waals surface area contributed by atoms with Crippen molar-refractivity contribution in [3.05, 3.63) is 5.82 Å². The smallest absolute Gasteiger partial charge is 0.167 e. The first kappa shape index (κ1) is 13.5. The molecule has 0 aromatic carbocycles. The van der Waals surface area contributed by atoms with Crippen LogP contribution in [0.4, 0.5) is 0 Å². The zero-order valence-corrected chi connectivity index (χ0v) is 11.6. The number of aromatic nitrogens is 4. The van der Waals surface area contributed by atoms with Gasteiger partial charge in [-0.1, -0.05) is 26.2 Å². The van der Waals surface area contributed by atoms with Crippen LogP contribution in [0.15, 0.2) is 0 Å². The van der Waals surface area contributed by atoms with Crippen LogP contribution in [0.5, 0.6) is 0 Å². The van der Waals surface area contributed by atoms with Crippen molar-refractivity contribution in [3.63, 3.8) is 0 Å². The summed E-state index contributed by atoms with van der Waals surface area (Å²) in [5.41, 5.74) is 0. The number of hydrogen-bond donors (Lipinski definition) is 1. The number of nitrogens with zero attached hydrogens (tertiary/aromatic N) is 4. The highest BCUT2D eigenvalue weighted by molar-refractivity contribution is 4.90. The molecule has 0 bridgehead atoms. The van der Waals surface area contributed by atoms with E-state index < -0.39 is 0 Å². The van der Waals surface area contributed by atoms with Gasteiger partial charge in [-0.25, -0.2) is 4.68 Å². The van der Waals surface area contributed by atoms with Gasteiger partial charge in [-0.15, -0.1) is 5.10 Å². The van der Waals surface area contributed by atoms with E-state index in [1.807, 2.05) is 4.68 Å². The van der Waals surface area contributed by atoms with Crippen molar-refractivity contribution in [3.8, 4) is 0 Å². The van der Waals surface area contributed by atoms with Gasteiger partial charge in [-0.2, -0.15) is 0 Å². The molecule has 1 aromatic heterocycles. The molecule has 1 aromatic rings. The Hall–Kier alpha value is -0.970. The maximum absolute atomic E-state index is 4.17. The first-order valence-corrected chi connectivity index (χ1v) is 7.30. The van der Waals surface area contributed by atoms with Crippen LogP contribution in [0.3, 0.4) is 0 Å². The predicted molar refractivity (Wildman–Crippen MR) is 71.1 cm³/mol. The molecule has 1 heterocycles. The lowest BCUT2D eigenvalue weighted by atomic mass is 9.89. The van der Waals surface area contributed by atoms with E-state index >= 15 is 0 Å².